The molecule has 1 aromatic heterocycles. The average Bonchev–Trinajstić information content (AvgIpc) is 2.94. The summed E-state index contributed by atoms with van der Waals surface area (Å²) in [6, 6.07) is 3.07. The Morgan fingerprint density at radius 1 is 1.40 bits per heavy atom. The fourth-order valence-corrected chi connectivity index (χ4v) is 2.89. The fourth-order valence-electron chi connectivity index (χ4n) is 2.89. The molecule has 1 spiro atoms. The zero-order valence-corrected chi connectivity index (χ0v) is 11.2. The maximum atomic E-state index is 12.5. The van der Waals surface area contributed by atoms with Crippen molar-refractivity contribution >= 4 is 17.8 Å². The van der Waals surface area contributed by atoms with Crippen LogP contribution in [0.2, 0.25) is 0 Å². The largest absolute Gasteiger partial charge is 0.347 e. The summed E-state index contributed by atoms with van der Waals surface area (Å²) < 4.78 is 1.75. The second-order valence-electron chi connectivity index (χ2n) is 5.32. The number of urea groups is 1. The fraction of sp³-hybridized carbons (Fsp3) is 0.462. The summed E-state index contributed by atoms with van der Waals surface area (Å²) in [5.74, 6) is -0.461. The first-order chi connectivity index (χ1) is 9.52. The highest BCUT2D eigenvalue weighted by atomic mass is 16.2. The highest BCUT2D eigenvalue weighted by molar-refractivity contribution is 6.07. The van der Waals surface area contributed by atoms with Crippen molar-refractivity contribution in [1.29, 1.82) is 0 Å². The standard InChI is InChI=1S/C13H16N4O3/c1-16-6-2-4-9(16)10(18)17-7-3-5-13(8-17)11(19)14-12(20)15-13/h2,4,6H,3,5,7-8H2,1H3,(H2,14,15,19,20). The van der Waals surface area contributed by atoms with Crippen LogP contribution in [0.3, 0.4) is 0 Å². The summed E-state index contributed by atoms with van der Waals surface area (Å²) in [7, 11) is 1.80. The van der Waals surface area contributed by atoms with Crippen LogP contribution in [-0.4, -0.2) is 45.9 Å². The molecule has 7 heteroatoms. The lowest BCUT2D eigenvalue weighted by Gasteiger charge is -2.38. The number of rotatable bonds is 1. The third kappa shape index (κ3) is 1.86. The Morgan fingerprint density at radius 3 is 2.80 bits per heavy atom. The maximum Gasteiger partial charge on any atom is 0.322 e. The van der Waals surface area contributed by atoms with E-state index < -0.39 is 11.6 Å². The molecule has 1 aromatic rings. The smallest absolute Gasteiger partial charge is 0.322 e. The van der Waals surface area contributed by atoms with E-state index in [9.17, 15) is 14.4 Å². The third-order valence-electron chi connectivity index (χ3n) is 3.96. The molecular formula is C13H16N4O3. The van der Waals surface area contributed by atoms with E-state index in [1.807, 2.05) is 0 Å². The molecule has 0 aromatic carbocycles. The van der Waals surface area contributed by atoms with Crippen molar-refractivity contribution in [3.05, 3.63) is 24.0 Å². The van der Waals surface area contributed by atoms with Crippen molar-refractivity contribution in [2.45, 2.75) is 18.4 Å². The van der Waals surface area contributed by atoms with Crippen LogP contribution >= 0.6 is 0 Å². The molecular weight excluding hydrogens is 260 g/mol. The van der Waals surface area contributed by atoms with E-state index in [-0.39, 0.29) is 18.4 Å². The van der Waals surface area contributed by atoms with Crippen molar-refractivity contribution < 1.29 is 14.4 Å². The number of carbonyl (C=O) groups is 3. The number of hydrogen-bond acceptors (Lipinski definition) is 3. The van der Waals surface area contributed by atoms with Gasteiger partial charge in [-0.3, -0.25) is 14.9 Å². The number of hydrogen-bond donors (Lipinski definition) is 2. The Balaban J connectivity index is 1.82. The Morgan fingerprint density at radius 2 is 2.20 bits per heavy atom. The molecule has 1 atom stereocenters. The summed E-state index contributed by atoms with van der Waals surface area (Å²) in [5, 5.41) is 4.91. The molecule has 0 bridgehead atoms. The lowest BCUT2D eigenvalue weighted by atomic mass is 9.89. The zero-order chi connectivity index (χ0) is 14.3. The van der Waals surface area contributed by atoms with E-state index in [1.54, 1.807) is 34.8 Å². The topological polar surface area (TPSA) is 83.4 Å². The van der Waals surface area contributed by atoms with Gasteiger partial charge < -0.3 is 14.8 Å². The van der Waals surface area contributed by atoms with Gasteiger partial charge in [-0.2, -0.15) is 0 Å². The average molecular weight is 276 g/mol. The van der Waals surface area contributed by atoms with Crippen LogP contribution in [0.25, 0.3) is 0 Å². The second kappa shape index (κ2) is 4.36. The predicted octanol–water partition coefficient (Wildman–Crippen LogP) is -0.161. The molecule has 2 saturated heterocycles. The Hall–Kier alpha value is -2.31. The molecule has 0 aliphatic carbocycles. The number of nitrogens with zero attached hydrogens (tertiary/aromatic N) is 2. The summed E-state index contributed by atoms with van der Waals surface area (Å²) in [4.78, 5) is 37.4. The van der Waals surface area contributed by atoms with Crippen molar-refractivity contribution in [2.24, 2.45) is 7.05 Å². The highest BCUT2D eigenvalue weighted by Crippen LogP contribution is 2.25. The first-order valence-electron chi connectivity index (χ1n) is 6.56. The van der Waals surface area contributed by atoms with Crippen LogP contribution in [0.1, 0.15) is 23.3 Å². The number of amides is 4. The van der Waals surface area contributed by atoms with Crippen LogP contribution in [0.5, 0.6) is 0 Å². The third-order valence-corrected chi connectivity index (χ3v) is 3.96. The minimum atomic E-state index is -0.962. The first-order valence-corrected chi connectivity index (χ1v) is 6.56. The SMILES string of the molecule is Cn1cccc1C(=O)N1CCCC2(C1)NC(=O)NC2=O. The van der Waals surface area contributed by atoms with Crippen molar-refractivity contribution in [3.63, 3.8) is 0 Å². The van der Waals surface area contributed by atoms with E-state index in [0.29, 0.717) is 25.1 Å². The summed E-state index contributed by atoms with van der Waals surface area (Å²) in [5.41, 5.74) is -0.386. The molecule has 2 aliphatic heterocycles. The Kier molecular flexibility index (Phi) is 2.77. The number of piperidine rings is 1. The van der Waals surface area contributed by atoms with Gasteiger partial charge in [-0.25, -0.2) is 4.79 Å². The van der Waals surface area contributed by atoms with Crippen molar-refractivity contribution in [1.82, 2.24) is 20.1 Å². The normalized spacial score (nSPS) is 25.8. The van der Waals surface area contributed by atoms with E-state index in [4.69, 9.17) is 0 Å². The molecule has 2 aliphatic rings. The van der Waals surface area contributed by atoms with Gasteiger partial charge in [-0.15, -0.1) is 0 Å². The van der Waals surface area contributed by atoms with Gasteiger partial charge in [0.25, 0.3) is 11.8 Å². The number of nitrogens with one attached hydrogen (secondary N) is 2. The lowest BCUT2D eigenvalue weighted by molar-refractivity contribution is -0.125. The number of carbonyl (C=O) groups excluding carboxylic acids is 3. The van der Waals surface area contributed by atoms with Crippen LogP contribution in [0.4, 0.5) is 4.79 Å². The number of imide groups is 1. The molecule has 4 amide bonds. The molecule has 3 rings (SSSR count). The van der Waals surface area contributed by atoms with E-state index >= 15 is 0 Å². The van der Waals surface area contributed by atoms with Crippen LogP contribution < -0.4 is 10.6 Å². The van der Waals surface area contributed by atoms with Gasteiger partial charge in [-0.05, 0) is 25.0 Å². The van der Waals surface area contributed by atoms with E-state index in [1.165, 1.54) is 0 Å². The molecule has 0 saturated carbocycles. The summed E-state index contributed by atoms with van der Waals surface area (Å²) >= 11 is 0. The van der Waals surface area contributed by atoms with E-state index in [0.717, 1.165) is 0 Å². The molecule has 20 heavy (non-hydrogen) atoms. The Labute approximate surface area is 115 Å². The summed E-state index contributed by atoms with van der Waals surface area (Å²) in [6.45, 7) is 0.809. The van der Waals surface area contributed by atoms with Gasteiger partial charge in [0.05, 0.1) is 6.54 Å². The Bertz CT molecular complexity index is 594. The zero-order valence-electron chi connectivity index (χ0n) is 11.2. The number of aromatic nitrogens is 1. The van der Waals surface area contributed by atoms with Gasteiger partial charge in [0, 0.05) is 19.8 Å². The quantitative estimate of drug-likeness (QED) is 0.699. The van der Waals surface area contributed by atoms with Crippen molar-refractivity contribution in [2.75, 3.05) is 13.1 Å². The van der Waals surface area contributed by atoms with Gasteiger partial charge in [0.15, 0.2) is 0 Å². The molecule has 2 fully saturated rings. The second-order valence-corrected chi connectivity index (χ2v) is 5.32. The molecule has 106 valence electrons. The van der Waals surface area contributed by atoms with Gasteiger partial charge in [0.1, 0.15) is 11.2 Å². The van der Waals surface area contributed by atoms with Gasteiger partial charge in [0.2, 0.25) is 0 Å². The van der Waals surface area contributed by atoms with Crippen LogP contribution in [0.15, 0.2) is 18.3 Å². The van der Waals surface area contributed by atoms with Gasteiger partial charge in [-0.1, -0.05) is 0 Å². The number of aryl methyl sites for hydroxylation is 1. The number of likely N-dealkylation sites (tertiary alicyclic amines) is 1. The van der Waals surface area contributed by atoms with Crippen LogP contribution in [0, 0.1) is 0 Å². The maximum absolute atomic E-state index is 12.5. The molecule has 2 N–H and O–H groups in total. The summed E-state index contributed by atoms with van der Waals surface area (Å²) in [6.07, 6.45) is 3.04. The molecule has 0 radical (unpaired) electrons. The highest BCUT2D eigenvalue weighted by Gasteiger charge is 2.49. The molecule has 1 unspecified atom stereocenters. The first kappa shape index (κ1) is 12.7. The minimum Gasteiger partial charge on any atom is -0.347 e. The predicted molar refractivity (Wildman–Crippen MR) is 70.0 cm³/mol. The molecule has 3 heterocycles. The lowest BCUT2D eigenvalue weighted by Crippen LogP contribution is -2.59. The molecule has 7 nitrogen and oxygen atoms in total. The van der Waals surface area contributed by atoms with E-state index in [2.05, 4.69) is 10.6 Å². The minimum absolute atomic E-state index is 0.120. The van der Waals surface area contributed by atoms with Gasteiger partial charge >= 0.3 is 6.03 Å². The monoisotopic (exact) mass is 276 g/mol. The van der Waals surface area contributed by atoms with Crippen LogP contribution in [-0.2, 0) is 11.8 Å². The van der Waals surface area contributed by atoms with Crippen molar-refractivity contribution in [3.8, 4) is 0 Å².